The lowest BCUT2D eigenvalue weighted by Crippen LogP contribution is -2.27. The monoisotopic (exact) mass is 704 g/mol. The van der Waals surface area contributed by atoms with E-state index in [-0.39, 0.29) is 17.0 Å². The van der Waals surface area contributed by atoms with Gasteiger partial charge in [0.2, 0.25) is 5.16 Å². The van der Waals surface area contributed by atoms with Gasteiger partial charge in [0, 0.05) is 33.4 Å². The third kappa shape index (κ3) is 7.43. The van der Waals surface area contributed by atoms with Crippen molar-refractivity contribution in [2.24, 2.45) is 16.3 Å². The standard InChI is InChI=1S/C34H30Cl2N6O3S2/c1-34(2,3)20-10-12-24-28(16-20)46-32(29(24)31(43)38-22-7-5-4-6-8-22)37-18-19-9-14-27(26(15-19)42(44)45)47-33-39-30(40-41-33)23-13-11-21(35)17-25(23)36/h4-9,11,13-15,17-18,20H,10,12,16H2,1-3H3,(H,38,43)(H,39,40,41)/t20-/m0/s1. The van der Waals surface area contributed by atoms with Crippen LogP contribution in [0.5, 0.6) is 0 Å². The molecule has 2 heterocycles. The minimum Gasteiger partial charge on any atom is -0.322 e. The van der Waals surface area contributed by atoms with Gasteiger partial charge in [0.05, 0.1) is 20.4 Å². The number of anilines is 1. The summed E-state index contributed by atoms with van der Waals surface area (Å²) in [6, 6.07) is 19.2. The number of nitrogens with zero attached hydrogens (tertiary/aromatic N) is 4. The Morgan fingerprint density at radius 2 is 1.94 bits per heavy atom. The van der Waals surface area contributed by atoms with E-state index in [2.05, 4.69) is 41.3 Å². The smallest absolute Gasteiger partial charge is 0.283 e. The Labute approximate surface area is 290 Å². The summed E-state index contributed by atoms with van der Waals surface area (Å²) < 4.78 is 0. The van der Waals surface area contributed by atoms with Gasteiger partial charge in [-0.2, -0.15) is 0 Å². The number of benzene rings is 3. The predicted molar refractivity (Wildman–Crippen MR) is 190 cm³/mol. The summed E-state index contributed by atoms with van der Waals surface area (Å²) in [5, 5.41) is 24.0. The number of para-hydroxylation sites is 1. The molecule has 0 saturated heterocycles. The molecule has 13 heteroatoms. The van der Waals surface area contributed by atoms with Gasteiger partial charge in [0.25, 0.3) is 11.6 Å². The first-order valence-corrected chi connectivity index (χ1v) is 17.2. The molecule has 0 fully saturated rings. The minimum atomic E-state index is -0.446. The molecule has 0 radical (unpaired) electrons. The second-order valence-corrected chi connectivity index (χ2v) is 15.2. The van der Waals surface area contributed by atoms with Crippen LogP contribution in [0.4, 0.5) is 16.4 Å². The molecule has 0 unspecified atom stereocenters. The average molecular weight is 706 g/mol. The Morgan fingerprint density at radius 3 is 2.66 bits per heavy atom. The fraction of sp³-hybridized carbons (Fsp3) is 0.235. The number of amides is 1. The molecule has 0 aliphatic heterocycles. The summed E-state index contributed by atoms with van der Waals surface area (Å²) in [5.74, 6) is 0.699. The highest BCUT2D eigenvalue weighted by Crippen LogP contribution is 2.45. The molecule has 2 aromatic heterocycles. The molecule has 1 aliphatic carbocycles. The van der Waals surface area contributed by atoms with E-state index in [0.717, 1.165) is 36.6 Å². The van der Waals surface area contributed by atoms with E-state index in [4.69, 9.17) is 28.2 Å². The van der Waals surface area contributed by atoms with Gasteiger partial charge in [-0.05, 0) is 89.9 Å². The third-order valence-electron chi connectivity index (χ3n) is 8.09. The number of aliphatic imine (C=N–C) groups is 1. The van der Waals surface area contributed by atoms with Gasteiger partial charge < -0.3 is 5.32 Å². The molecule has 240 valence electrons. The molecule has 47 heavy (non-hydrogen) atoms. The van der Waals surface area contributed by atoms with Crippen molar-refractivity contribution < 1.29 is 9.72 Å². The Kier molecular flexibility index (Phi) is 9.52. The van der Waals surface area contributed by atoms with Gasteiger partial charge in [-0.3, -0.25) is 20.0 Å². The number of aromatic nitrogens is 3. The molecule has 2 N–H and O–H groups in total. The van der Waals surface area contributed by atoms with Crippen molar-refractivity contribution in [1.82, 2.24) is 15.2 Å². The van der Waals surface area contributed by atoms with Crippen molar-refractivity contribution in [3.05, 3.63) is 108 Å². The predicted octanol–water partition coefficient (Wildman–Crippen LogP) is 10.1. The molecular weight excluding hydrogens is 675 g/mol. The number of rotatable bonds is 8. The number of aromatic amines is 1. The van der Waals surface area contributed by atoms with Crippen molar-refractivity contribution >= 4 is 74.8 Å². The zero-order valence-electron chi connectivity index (χ0n) is 25.7. The molecule has 9 nitrogen and oxygen atoms in total. The van der Waals surface area contributed by atoms with Crippen LogP contribution in [-0.2, 0) is 12.8 Å². The molecule has 6 rings (SSSR count). The molecule has 5 aromatic rings. The van der Waals surface area contributed by atoms with E-state index < -0.39 is 4.92 Å². The number of nitro benzene ring substituents is 1. The lowest BCUT2D eigenvalue weighted by Gasteiger charge is -2.33. The van der Waals surface area contributed by atoms with Crippen LogP contribution in [0.25, 0.3) is 11.4 Å². The summed E-state index contributed by atoms with van der Waals surface area (Å²) >= 11 is 14.9. The lowest BCUT2D eigenvalue weighted by atomic mass is 9.72. The maximum absolute atomic E-state index is 13.6. The van der Waals surface area contributed by atoms with Crippen LogP contribution in [0.15, 0.2) is 81.8 Å². The van der Waals surface area contributed by atoms with E-state index >= 15 is 0 Å². The van der Waals surface area contributed by atoms with Crippen LogP contribution in [0, 0.1) is 21.4 Å². The number of hydrogen-bond acceptors (Lipinski definition) is 8. The highest BCUT2D eigenvalue weighted by atomic mass is 35.5. The highest BCUT2D eigenvalue weighted by Gasteiger charge is 2.33. The van der Waals surface area contributed by atoms with E-state index in [1.807, 2.05) is 30.3 Å². The molecule has 3 aromatic carbocycles. The average Bonchev–Trinajstić information content (AvgIpc) is 3.64. The number of carbonyl (C=O) groups is 1. The van der Waals surface area contributed by atoms with Gasteiger partial charge in [-0.25, -0.2) is 9.98 Å². The van der Waals surface area contributed by atoms with E-state index in [1.165, 1.54) is 22.3 Å². The van der Waals surface area contributed by atoms with Crippen molar-refractivity contribution in [2.45, 2.75) is 50.1 Å². The van der Waals surface area contributed by atoms with Crippen LogP contribution >= 0.6 is 46.3 Å². The zero-order chi connectivity index (χ0) is 33.3. The number of halogens is 2. The normalized spacial score (nSPS) is 14.7. The largest absolute Gasteiger partial charge is 0.322 e. The first kappa shape index (κ1) is 32.9. The van der Waals surface area contributed by atoms with Gasteiger partial charge in [0.15, 0.2) is 5.82 Å². The number of thiophene rings is 1. The molecule has 0 bridgehead atoms. The van der Waals surface area contributed by atoms with E-state index in [1.54, 1.807) is 36.5 Å². The summed E-state index contributed by atoms with van der Waals surface area (Å²) in [4.78, 5) is 36.1. The number of fused-ring (bicyclic) bond motifs is 1. The first-order chi connectivity index (χ1) is 22.5. The van der Waals surface area contributed by atoms with Gasteiger partial charge in [0.1, 0.15) is 5.00 Å². The minimum absolute atomic E-state index is 0.115. The fourth-order valence-electron chi connectivity index (χ4n) is 5.52. The Morgan fingerprint density at radius 1 is 1.15 bits per heavy atom. The first-order valence-electron chi connectivity index (χ1n) is 14.9. The highest BCUT2D eigenvalue weighted by molar-refractivity contribution is 7.99. The fourth-order valence-corrected chi connectivity index (χ4v) is 8.09. The lowest BCUT2D eigenvalue weighted by molar-refractivity contribution is -0.387. The Bertz CT molecular complexity index is 2000. The second kappa shape index (κ2) is 13.6. The van der Waals surface area contributed by atoms with Gasteiger partial charge in [-0.1, -0.05) is 68.2 Å². The molecule has 0 spiro atoms. The maximum atomic E-state index is 13.6. The third-order valence-corrected chi connectivity index (χ3v) is 10.7. The molecule has 1 atom stereocenters. The molecular formula is C34H30Cl2N6O3S2. The quantitative estimate of drug-likeness (QED) is 0.0940. The summed E-state index contributed by atoms with van der Waals surface area (Å²) in [5.41, 5.74) is 3.48. The van der Waals surface area contributed by atoms with E-state index in [9.17, 15) is 14.9 Å². The van der Waals surface area contributed by atoms with Gasteiger partial charge >= 0.3 is 0 Å². The van der Waals surface area contributed by atoms with Crippen molar-refractivity contribution in [2.75, 3.05) is 5.32 Å². The summed E-state index contributed by atoms with van der Waals surface area (Å²) in [7, 11) is 0. The summed E-state index contributed by atoms with van der Waals surface area (Å²) in [6.45, 7) is 6.76. The number of carbonyl (C=O) groups excluding carboxylic acids is 1. The number of nitro groups is 1. The van der Waals surface area contributed by atoms with Crippen molar-refractivity contribution in [3.8, 4) is 11.4 Å². The van der Waals surface area contributed by atoms with Crippen LogP contribution < -0.4 is 5.32 Å². The molecule has 1 amide bonds. The zero-order valence-corrected chi connectivity index (χ0v) is 28.9. The molecule has 0 saturated carbocycles. The van der Waals surface area contributed by atoms with Crippen LogP contribution in [-0.4, -0.2) is 32.2 Å². The van der Waals surface area contributed by atoms with Crippen LogP contribution in [0.2, 0.25) is 10.0 Å². The number of nitrogens with one attached hydrogen (secondary N) is 2. The maximum Gasteiger partial charge on any atom is 0.283 e. The Balaban J connectivity index is 1.28. The topological polar surface area (TPSA) is 126 Å². The van der Waals surface area contributed by atoms with Crippen molar-refractivity contribution in [3.63, 3.8) is 0 Å². The second-order valence-electron chi connectivity index (χ2n) is 12.2. The number of hydrogen-bond donors (Lipinski definition) is 2. The molecule has 1 aliphatic rings. The number of H-pyrrole nitrogens is 1. The van der Waals surface area contributed by atoms with E-state index in [0.29, 0.717) is 59.2 Å². The van der Waals surface area contributed by atoms with Crippen molar-refractivity contribution in [1.29, 1.82) is 0 Å². The van der Waals surface area contributed by atoms with Crippen LogP contribution in [0.1, 0.15) is 53.6 Å². The Hall–Kier alpha value is -4.03. The van der Waals surface area contributed by atoms with Crippen LogP contribution in [0.3, 0.4) is 0 Å². The summed E-state index contributed by atoms with van der Waals surface area (Å²) in [6.07, 6.45) is 4.25. The SMILES string of the molecule is CC(C)(C)[C@H]1CCc2c(sc(N=Cc3ccc(Sc4n[nH]c(-c5ccc(Cl)cc5Cl)n4)c([N+](=O)[O-])c3)c2C(=O)Nc2ccccc2)C1. The van der Waals surface area contributed by atoms with Gasteiger partial charge in [-0.15, -0.1) is 16.4 Å².